The second-order valence-corrected chi connectivity index (χ2v) is 5.16. The van der Waals surface area contributed by atoms with Gasteiger partial charge in [0.15, 0.2) is 0 Å². The van der Waals surface area contributed by atoms with Gasteiger partial charge in [-0.3, -0.25) is 0 Å². The smallest absolute Gasteiger partial charge is 0.336 e. The average molecular weight is 284 g/mol. The summed E-state index contributed by atoms with van der Waals surface area (Å²) in [6, 6.07) is 11.3. The van der Waals surface area contributed by atoms with Gasteiger partial charge in [-0.05, 0) is 43.5 Å². The van der Waals surface area contributed by atoms with Crippen molar-refractivity contribution < 1.29 is 14.6 Å². The molecular weight excluding hydrogens is 264 g/mol. The summed E-state index contributed by atoms with van der Waals surface area (Å²) in [6.45, 7) is 6.31. The Hall–Kier alpha value is -2.29. The van der Waals surface area contributed by atoms with Gasteiger partial charge in [-0.25, -0.2) is 4.79 Å². The van der Waals surface area contributed by atoms with Gasteiger partial charge < -0.3 is 9.84 Å². The molecule has 0 unspecified atom stereocenters. The lowest BCUT2D eigenvalue weighted by Gasteiger charge is -2.14. The van der Waals surface area contributed by atoms with Crippen LogP contribution in [0.15, 0.2) is 36.4 Å². The fourth-order valence-electron chi connectivity index (χ4n) is 2.45. The summed E-state index contributed by atoms with van der Waals surface area (Å²) in [5.41, 5.74) is 4.33. The zero-order valence-corrected chi connectivity index (χ0v) is 12.6. The second kappa shape index (κ2) is 6.44. The maximum absolute atomic E-state index is 11.4. The number of hydrogen-bond acceptors (Lipinski definition) is 2. The molecule has 0 aromatic heterocycles. The topological polar surface area (TPSA) is 46.5 Å². The van der Waals surface area contributed by atoms with Gasteiger partial charge in [-0.1, -0.05) is 36.8 Å². The van der Waals surface area contributed by atoms with Crippen molar-refractivity contribution in [3.05, 3.63) is 64.2 Å². The van der Waals surface area contributed by atoms with Crippen LogP contribution in [0, 0.1) is 13.8 Å². The first kappa shape index (κ1) is 15.1. The monoisotopic (exact) mass is 284 g/mol. The summed E-state index contributed by atoms with van der Waals surface area (Å²) in [4.78, 5) is 11.4. The van der Waals surface area contributed by atoms with E-state index >= 15 is 0 Å². The molecule has 110 valence electrons. The molecule has 0 radical (unpaired) electrons. The minimum absolute atomic E-state index is 0.273. The van der Waals surface area contributed by atoms with Crippen LogP contribution >= 0.6 is 0 Å². The van der Waals surface area contributed by atoms with Gasteiger partial charge >= 0.3 is 5.97 Å². The quantitative estimate of drug-likeness (QED) is 0.897. The van der Waals surface area contributed by atoms with Crippen LogP contribution in [-0.2, 0) is 13.0 Å². The van der Waals surface area contributed by atoms with E-state index in [1.807, 2.05) is 39.0 Å². The van der Waals surface area contributed by atoms with Gasteiger partial charge in [0, 0.05) is 5.56 Å². The van der Waals surface area contributed by atoms with Crippen LogP contribution in [-0.4, -0.2) is 11.1 Å². The minimum Gasteiger partial charge on any atom is -0.489 e. The first-order chi connectivity index (χ1) is 10.0. The number of hydrogen-bond donors (Lipinski definition) is 1. The molecule has 0 spiro atoms. The standard InChI is InChI=1S/C18H20O3/c1-4-14-6-5-7-15(18(19)20)16(14)11-21-17-9-8-12(2)10-13(17)3/h5-10H,4,11H2,1-3H3,(H,19,20). The molecule has 0 bridgehead atoms. The van der Waals surface area contributed by atoms with E-state index in [1.165, 1.54) is 5.56 Å². The molecule has 0 aliphatic carbocycles. The van der Waals surface area contributed by atoms with Crippen LogP contribution < -0.4 is 4.74 Å². The second-order valence-electron chi connectivity index (χ2n) is 5.16. The third-order valence-corrected chi connectivity index (χ3v) is 3.59. The number of aryl methyl sites for hydroxylation is 3. The van der Waals surface area contributed by atoms with Crippen molar-refractivity contribution in [1.29, 1.82) is 0 Å². The highest BCUT2D eigenvalue weighted by molar-refractivity contribution is 5.89. The lowest BCUT2D eigenvalue weighted by molar-refractivity contribution is 0.0693. The van der Waals surface area contributed by atoms with Crippen LogP contribution in [0.2, 0.25) is 0 Å². The van der Waals surface area contributed by atoms with Gasteiger partial charge in [0.05, 0.1) is 5.56 Å². The lowest BCUT2D eigenvalue weighted by Crippen LogP contribution is -2.09. The Morgan fingerprint density at radius 2 is 1.95 bits per heavy atom. The van der Waals surface area contributed by atoms with E-state index in [9.17, 15) is 9.90 Å². The Morgan fingerprint density at radius 1 is 1.19 bits per heavy atom. The molecule has 0 aliphatic rings. The largest absolute Gasteiger partial charge is 0.489 e. The maximum atomic E-state index is 11.4. The molecule has 0 atom stereocenters. The summed E-state index contributed by atoms with van der Waals surface area (Å²) < 4.78 is 5.85. The number of aromatic carboxylic acids is 1. The molecule has 2 aromatic rings. The molecule has 1 N–H and O–H groups in total. The molecule has 0 amide bonds. The molecule has 21 heavy (non-hydrogen) atoms. The molecule has 0 saturated carbocycles. The molecule has 3 nitrogen and oxygen atoms in total. The van der Waals surface area contributed by atoms with Crippen LogP contribution in [0.3, 0.4) is 0 Å². The van der Waals surface area contributed by atoms with Crippen molar-refractivity contribution >= 4 is 5.97 Å². The van der Waals surface area contributed by atoms with Crippen LogP contribution in [0.25, 0.3) is 0 Å². The Kier molecular flexibility index (Phi) is 4.63. The first-order valence-corrected chi connectivity index (χ1v) is 7.07. The van der Waals surface area contributed by atoms with E-state index < -0.39 is 5.97 Å². The molecule has 0 heterocycles. The fraction of sp³-hybridized carbons (Fsp3) is 0.278. The lowest BCUT2D eigenvalue weighted by atomic mass is 10.00. The number of carbonyl (C=O) groups is 1. The molecule has 2 aromatic carbocycles. The minimum atomic E-state index is -0.912. The molecule has 0 saturated heterocycles. The highest BCUT2D eigenvalue weighted by atomic mass is 16.5. The van der Waals surface area contributed by atoms with Crippen molar-refractivity contribution in [1.82, 2.24) is 0 Å². The van der Waals surface area contributed by atoms with Crippen LogP contribution in [0.4, 0.5) is 0 Å². The molecule has 2 rings (SSSR count). The fourth-order valence-corrected chi connectivity index (χ4v) is 2.45. The van der Waals surface area contributed by atoms with Crippen molar-refractivity contribution in [2.75, 3.05) is 0 Å². The van der Waals surface area contributed by atoms with E-state index in [0.29, 0.717) is 5.56 Å². The first-order valence-electron chi connectivity index (χ1n) is 7.07. The van der Waals surface area contributed by atoms with Gasteiger partial charge in [-0.2, -0.15) is 0 Å². The number of carboxylic acids is 1. The average Bonchev–Trinajstić information content (AvgIpc) is 2.45. The van der Waals surface area contributed by atoms with Crippen molar-refractivity contribution in [3.8, 4) is 5.75 Å². The number of carboxylic acid groups (broad SMARTS) is 1. The Balaban J connectivity index is 2.28. The summed E-state index contributed by atoms with van der Waals surface area (Å²) in [7, 11) is 0. The molecule has 0 fully saturated rings. The zero-order valence-electron chi connectivity index (χ0n) is 12.6. The van der Waals surface area contributed by atoms with Gasteiger partial charge in [0.1, 0.15) is 12.4 Å². The van der Waals surface area contributed by atoms with E-state index in [-0.39, 0.29) is 6.61 Å². The SMILES string of the molecule is CCc1cccc(C(=O)O)c1COc1ccc(C)cc1C. The van der Waals surface area contributed by atoms with Crippen molar-refractivity contribution in [3.63, 3.8) is 0 Å². The van der Waals surface area contributed by atoms with Gasteiger partial charge in [0.2, 0.25) is 0 Å². The van der Waals surface area contributed by atoms with Crippen molar-refractivity contribution in [2.45, 2.75) is 33.8 Å². The normalized spacial score (nSPS) is 10.4. The summed E-state index contributed by atoms with van der Waals surface area (Å²) in [6.07, 6.45) is 0.784. The summed E-state index contributed by atoms with van der Waals surface area (Å²) in [5, 5.41) is 9.32. The third kappa shape index (κ3) is 3.43. The predicted octanol–water partition coefficient (Wildman–Crippen LogP) is 4.14. The summed E-state index contributed by atoms with van der Waals surface area (Å²) in [5.74, 6) is -0.118. The zero-order chi connectivity index (χ0) is 15.4. The maximum Gasteiger partial charge on any atom is 0.336 e. The van der Waals surface area contributed by atoms with Crippen molar-refractivity contribution in [2.24, 2.45) is 0 Å². The van der Waals surface area contributed by atoms with E-state index in [0.717, 1.165) is 28.9 Å². The Bertz CT molecular complexity index is 660. The predicted molar refractivity (Wildman–Crippen MR) is 83.0 cm³/mol. The number of ether oxygens (including phenoxy) is 1. The van der Waals surface area contributed by atoms with Gasteiger partial charge in [0.25, 0.3) is 0 Å². The number of rotatable bonds is 5. The van der Waals surface area contributed by atoms with E-state index in [4.69, 9.17) is 4.74 Å². The van der Waals surface area contributed by atoms with Crippen LogP contribution in [0.1, 0.15) is 39.5 Å². The Morgan fingerprint density at radius 3 is 2.57 bits per heavy atom. The highest BCUT2D eigenvalue weighted by Gasteiger charge is 2.14. The molecule has 3 heteroatoms. The third-order valence-electron chi connectivity index (χ3n) is 3.59. The summed E-state index contributed by atoms with van der Waals surface area (Å²) >= 11 is 0. The highest BCUT2D eigenvalue weighted by Crippen LogP contribution is 2.23. The van der Waals surface area contributed by atoms with Gasteiger partial charge in [-0.15, -0.1) is 0 Å². The van der Waals surface area contributed by atoms with E-state index in [2.05, 4.69) is 6.07 Å². The van der Waals surface area contributed by atoms with Crippen LogP contribution in [0.5, 0.6) is 5.75 Å². The Labute approximate surface area is 125 Å². The number of benzene rings is 2. The van der Waals surface area contributed by atoms with E-state index in [1.54, 1.807) is 12.1 Å². The molecule has 0 aliphatic heterocycles. The molecular formula is C18H20O3.